The average Bonchev–Trinajstić information content (AvgIpc) is 2.38. The van der Waals surface area contributed by atoms with Crippen molar-refractivity contribution in [2.24, 2.45) is 5.92 Å². The van der Waals surface area contributed by atoms with Crippen LogP contribution in [-0.4, -0.2) is 39.5 Å². The lowest BCUT2D eigenvalue weighted by atomic mass is 10.0. The lowest BCUT2D eigenvalue weighted by molar-refractivity contribution is 0.0620. The van der Waals surface area contributed by atoms with Gasteiger partial charge in [0.1, 0.15) is 0 Å². The number of rotatable bonds is 4. The number of nitrogens with zero attached hydrogens (tertiary/aromatic N) is 1. The average molecular weight is 311 g/mol. The molecular weight excluding hydrogens is 286 g/mol. The molecule has 0 amide bonds. The summed E-state index contributed by atoms with van der Waals surface area (Å²) in [5.74, 6) is 0.393. The van der Waals surface area contributed by atoms with Crippen LogP contribution < -0.4 is 0 Å². The molecule has 0 aliphatic carbocycles. The van der Waals surface area contributed by atoms with Gasteiger partial charge in [0.2, 0.25) is 10.0 Å². The summed E-state index contributed by atoms with van der Waals surface area (Å²) < 4.78 is 32.5. The molecule has 0 atom stereocenters. The Labute approximate surface area is 128 Å². The molecule has 4 nitrogen and oxygen atoms in total. The highest BCUT2D eigenvalue weighted by Gasteiger charge is 2.27. The molecule has 1 aromatic rings. The number of ether oxygens (including phenoxy) is 1. The molecule has 21 heavy (non-hydrogen) atoms. The molecule has 0 saturated carbocycles. The molecule has 1 heterocycles. The Morgan fingerprint density at radius 3 is 2.19 bits per heavy atom. The molecule has 0 unspecified atom stereocenters. The summed E-state index contributed by atoms with van der Waals surface area (Å²) in [6.45, 7) is 7.77. The highest BCUT2D eigenvalue weighted by Crippen LogP contribution is 2.26. The van der Waals surface area contributed by atoms with Gasteiger partial charge in [-0.2, -0.15) is 0 Å². The molecule has 0 aromatic heterocycles. The fraction of sp³-hybridized carbons (Fsp3) is 0.625. The van der Waals surface area contributed by atoms with E-state index in [4.69, 9.17) is 4.74 Å². The normalized spacial score (nSPS) is 17.4. The van der Waals surface area contributed by atoms with E-state index in [0.717, 1.165) is 42.7 Å². The third kappa shape index (κ3) is 3.65. The van der Waals surface area contributed by atoms with Crippen LogP contribution in [0, 0.1) is 26.7 Å². The number of aryl methyl sites for hydroxylation is 3. The molecule has 0 radical (unpaired) electrons. The van der Waals surface area contributed by atoms with E-state index < -0.39 is 10.0 Å². The maximum atomic E-state index is 12.9. The summed E-state index contributed by atoms with van der Waals surface area (Å²) in [5.41, 5.74) is 2.74. The molecule has 2 rings (SSSR count). The molecule has 0 spiro atoms. The predicted molar refractivity (Wildman–Crippen MR) is 84.0 cm³/mol. The van der Waals surface area contributed by atoms with E-state index in [1.165, 1.54) is 4.31 Å². The van der Waals surface area contributed by atoms with Crippen LogP contribution in [0.15, 0.2) is 17.0 Å². The zero-order chi connectivity index (χ0) is 15.6. The first-order valence-corrected chi connectivity index (χ1v) is 8.88. The first-order valence-electron chi connectivity index (χ1n) is 7.44. The zero-order valence-electron chi connectivity index (χ0n) is 13.3. The number of benzene rings is 1. The van der Waals surface area contributed by atoms with Crippen LogP contribution in [0.2, 0.25) is 0 Å². The van der Waals surface area contributed by atoms with Crippen LogP contribution in [0.1, 0.15) is 29.5 Å². The van der Waals surface area contributed by atoms with Gasteiger partial charge in [-0.15, -0.1) is 0 Å². The smallest absolute Gasteiger partial charge is 0.243 e. The van der Waals surface area contributed by atoms with Crippen molar-refractivity contribution in [1.29, 1.82) is 0 Å². The predicted octanol–water partition coefficient (Wildman–Crippen LogP) is 2.66. The zero-order valence-corrected chi connectivity index (χ0v) is 14.2. The fourth-order valence-electron chi connectivity index (χ4n) is 3.12. The summed E-state index contributed by atoms with van der Waals surface area (Å²) in [6.07, 6.45) is 1.87. The van der Waals surface area contributed by atoms with Crippen molar-refractivity contribution in [3.05, 3.63) is 28.8 Å². The molecule has 1 fully saturated rings. The summed E-state index contributed by atoms with van der Waals surface area (Å²) in [4.78, 5) is 0.461. The molecule has 0 bridgehead atoms. The summed E-state index contributed by atoms with van der Waals surface area (Å²) in [5, 5.41) is 0. The number of hydrogen-bond donors (Lipinski definition) is 0. The highest BCUT2D eigenvalue weighted by atomic mass is 32.2. The second-order valence-corrected chi connectivity index (χ2v) is 8.05. The second kappa shape index (κ2) is 6.46. The van der Waals surface area contributed by atoms with Crippen molar-refractivity contribution >= 4 is 10.0 Å². The van der Waals surface area contributed by atoms with E-state index in [2.05, 4.69) is 0 Å². The molecular formula is C16H25NO3S. The van der Waals surface area contributed by atoms with Gasteiger partial charge < -0.3 is 4.74 Å². The molecule has 1 saturated heterocycles. The van der Waals surface area contributed by atoms with Crippen LogP contribution >= 0.6 is 0 Å². The van der Waals surface area contributed by atoms with Gasteiger partial charge >= 0.3 is 0 Å². The summed E-state index contributed by atoms with van der Waals surface area (Å²) >= 11 is 0. The minimum Gasteiger partial charge on any atom is -0.381 e. The van der Waals surface area contributed by atoms with Crippen LogP contribution in [0.5, 0.6) is 0 Å². The van der Waals surface area contributed by atoms with Crippen LogP contribution in [0.3, 0.4) is 0 Å². The Bertz CT molecular complexity index is 581. The van der Waals surface area contributed by atoms with Crippen molar-refractivity contribution in [3.8, 4) is 0 Å². The maximum absolute atomic E-state index is 12.9. The Balaban J connectivity index is 2.24. The molecule has 1 aliphatic rings. The quantitative estimate of drug-likeness (QED) is 0.859. The SMILES string of the molecule is Cc1cc(C)c(S(=O)(=O)N(C)CC2CCOCC2)c(C)c1. The third-order valence-corrected chi connectivity index (χ3v) is 6.26. The van der Waals surface area contributed by atoms with Crippen molar-refractivity contribution < 1.29 is 13.2 Å². The van der Waals surface area contributed by atoms with Gasteiger partial charge in [0, 0.05) is 26.8 Å². The molecule has 1 aliphatic heterocycles. The van der Waals surface area contributed by atoms with Crippen LogP contribution in [-0.2, 0) is 14.8 Å². The van der Waals surface area contributed by atoms with Crippen molar-refractivity contribution in [1.82, 2.24) is 4.31 Å². The van der Waals surface area contributed by atoms with E-state index in [9.17, 15) is 8.42 Å². The lowest BCUT2D eigenvalue weighted by Crippen LogP contribution is -2.34. The van der Waals surface area contributed by atoms with Gasteiger partial charge in [0.05, 0.1) is 4.90 Å². The molecule has 0 N–H and O–H groups in total. The van der Waals surface area contributed by atoms with Gasteiger partial charge in [0.25, 0.3) is 0 Å². The maximum Gasteiger partial charge on any atom is 0.243 e. The highest BCUT2D eigenvalue weighted by molar-refractivity contribution is 7.89. The summed E-state index contributed by atoms with van der Waals surface area (Å²) in [6, 6.07) is 3.87. The van der Waals surface area contributed by atoms with Gasteiger partial charge in [-0.25, -0.2) is 12.7 Å². The topological polar surface area (TPSA) is 46.6 Å². The molecule has 118 valence electrons. The Morgan fingerprint density at radius 2 is 1.67 bits per heavy atom. The minimum absolute atomic E-state index is 0.393. The number of hydrogen-bond acceptors (Lipinski definition) is 3. The van der Waals surface area contributed by atoms with Gasteiger partial charge in [-0.1, -0.05) is 17.7 Å². The Hall–Kier alpha value is -0.910. The first-order chi connectivity index (χ1) is 9.82. The van der Waals surface area contributed by atoms with Crippen LogP contribution in [0.4, 0.5) is 0 Å². The molecule has 1 aromatic carbocycles. The van der Waals surface area contributed by atoms with E-state index >= 15 is 0 Å². The van der Waals surface area contributed by atoms with E-state index in [-0.39, 0.29) is 0 Å². The van der Waals surface area contributed by atoms with Crippen LogP contribution in [0.25, 0.3) is 0 Å². The Kier molecular flexibility index (Phi) is 5.07. The van der Waals surface area contributed by atoms with E-state index in [1.807, 2.05) is 32.9 Å². The first kappa shape index (κ1) is 16.5. The number of sulfonamides is 1. The van der Waals surface area contributed by atoms with Crippen molar-refractivity contribution in [3.63, 3.8) is 0 Å². The van der Waals surface area contributed by atoms with E-state index in [1.54, 1.807) is 7.05 Å². The van der Waals surface area contributed by atoms with Crippen molar-refractivity contribution in [2.45, 2.75) is 38.5 Å². The Morgan fingerprint density at radius 1 is 1.14 bits per heavy atom. The largest absolute Gasteiger partial charge is 0.381 e. The van der Waals surface area contributed by atoms with Crippen molar-refractivity contribution in [2.75, 3.05) is 26.8 Å². The van der Waals surface area contributed by atoms with E-state index in [0.29, 0.717) is 17.4 Å². The van der Waals surface area contributed by atoms with Gasteiger partial charge in [0.15, 0.2) is 0 Å². The fourth-order valence-corrected chi connectivity index (χ4v) is 4.77. The third-order valence-electron chi connectivity index (χ3n) is 4.13. The van der Waals surface area contributed by atoms with Gasteiger partial charge in [-0.3, -0.25) is 0 Å². The monoisotopic (exact) mass is 311 g/mol. The summed E-state index contributed by atoms with van der Waals surface area (Å²) in [7, 11) is -1.74. The van der Waals surface area contributed by atoms with Gasteiger partial charge in [-0.05, 0) is 50.7 Å². The standard InChI is InChI=1S/C16H25NO3S/c1-12-9-13(2)16(14(3)10-12)21(18,19)17(4)11-15-5-7-20-8-6-15/h9-10,15H,5-8,11H2,1-4H3. The second-order valence-electron chi connectivity index (χ2n) is 6.07. The molecule has 5 heteroatoms. The minimum atomic E-state index is -3.42. The lowest BCUT2D eigenvalue weighted by Gasteiger charge is -2.27.